The van der Waals surface area contributed by atoms with Crippen molar-refractivity contribution in [3.63, 3.8) is 0 Å². The number of nitrogens with one attached hydrogen (secondary N) is 1. The predicted octanol–water partition coefficient (Wildman–Crippen LogP) is 1.16. The van der Waals surface area contributed by atoms with Crippen LogP contribution >= 0.6 is 0 Å². The maximum absolute atomic E-state index is 10.6. The highest BCUT2D eigenvalue weighted by molar-refractivity contribution is 5.75. The van der Waals surface area contributed by atoms with E-state index in [0.29, 0.717) is 19.6 Å². The average molecular weight is 203 g/mol. The van der Waals surface area contributed by atoms with E-state index in [4.69, 9.17) is 9.78 Å². The minimum Gasteiger partial charge on any atom is -0.319 e. The van der Waals surface area contributed by atoms with Crippen LogP contribution in [0.25, 0.3) is 0 Å². The van der Waals surface area contributed by atoms with E-state index in [1.54, 1.807) is 0 Å². The number of hydrogen-bond donors (Lipinski definition) is 1. The fraction of sp³-hybridized carbons (Fsp3) is 0.900. The van der Waals surface area contributed by atoms with Gasteiger partial charge in [-0.25, -0.2) is 9.78 Å². The van der Waals surface area contributed by atoms with Crippen molar-refractivity contribution in [1.82, 2.24) is 5.32 Å². The van der Waals surface area contributed by atoms with E-state index in [9.17, 15) is 4.79 Å². The van der Waals surface area contributed by atoms with Crippen LogP contribution in [0.15, 0.2) is 0 Å². The summed E-state index contributed by atoms with van der Waals surface area (Å²) in [5.41, 5.74) is 0.0466. The molecule has 0 aromatic rings. The Kier molecular flexibility index (Phi) is 6.70. The zero-order chi connectivity index (χ0) is 11.0. The monoisotopic (exact) mass is 203 g/mol. The van der Waals surface area contributed by atoms with Gasteiger partial charge in [0.05, 0.1) is 13.2 Å². The first-order valence-corrected chi connectivity index (χ1v) is 4.86. The molecule has 0 unspecified atom stereocenters. The third kappa shape index (κ3) is 8.16. The molecule has 0 radical (unpaired) electrons. The number of hydrogen-bond acceptors (Lipinski definition) is 4. The second kappa shape index (κ2) is 6.92. The second-order valence-electron chi connectivity index (χ2n) is 4.23. The Morgan fingerprint density at radius 3 is 2.50 bits per heavy atom. The molecule has 0 rings (SSSR count). The molecule has 0 heterocycles. The van der Waals surface area contributed by atoms with Gasteiger partial charge in [-0.05, 0) is 14.0 Å². The van der Waals surface area contributed by atoms with Crippen molar-refractivity contribution in [2.24, 2.45) is 5.41 Å². The van der Waals surface area contributed by atoms with E-state index in [1.165, 1.54) is 6.92 Å². The summed E-state index contributed by atoms with van der Waals surface area (Å²) in [6.07, 6.45) is 0.409. The van der Waals surface area contributed by atoms with Crippen LogP contribution in [0.1, 0.15) is 27.2 Å². The summed E-state index contributed by atoms with van der Waals surface area (Å²) >= 11 is 0. The Hall–Kier alpha value is -0.450. The molecule has 0 saturated heterocycles. The molecule has 0 aliphatic carbocycles. The standard InChI is InChI=1S/C10H21NO3/c1-9(12)5-6-13-14-8-10(2,3)7-11-4/h11H,5-8H2,1-4H3. The lowest BCUT2D eigenvalue weighted by Crippen LogP contribution is -2.31. The lowest BCUT2D eigenvalue weighted by atomic mass is 9.95. The summed E-state index contributed by atoms with van der Waals surface area (Å²) in [6, 6.07) is 0. The Balaban J connectivity index is 3.39. The van der Waals surface area contributed by atoms with E-state index >= 15 is 0 Å². The Morgan fingerprint density at radius 1 is 1.36 bits per heavy atom. The maximum Gasteiger partial charge on any atom is 0.132 e. The summed E-state index contributed by atoms with van der Waals surface area (Å²) in [4.78, 5) is 20.4. The number of Topliss-reactive ketones (excluding diaryl/α,β-unsaturated/α-hetero) is 1. The topological polar surface area (TPSA) is 47.6 Å². The van der Waals surface area contributed by atoms with Crippen molar-refractivity contribution in [3.8, 4) is 0 Å². The predicted molar refractivity (Wildman–Crippen MR) is 54.9 cm³/mol. The van der Waals surface area contributed by atoms with Gasteiger partial charge >= 0.3 is 0 Å². The van der Waals surface area contributed by atoms with E-state index < -0.39 is 0 Å². The van der Waals surface area contributed by atoms with Crippen LogP contribution in [0.4, 0.5) is 0 Å². The third-order valence-corrected chi connectivity index (χ3v) is 1.73. The smallest absolute Gasteiger partial charge is 0.132 e. The SMILES string of the molecule is CNCC(C)(C)COOCCC(C)=O. The van der Waals surface area contributed by atoms with Crippen LogP contribution in [-0.2, 0) is 14.6 Å². The molecule has 0 aromatic heterocycles. The van der Waals surface area contributed by atoms with E-state index in [-0.39, 0.29) is 11.2 Å². The van der Waals surface area contributed by atoms with Gasteiger partial charge in [0.15, 0.2) is 0 Å². The number of carbonyl (C=O) groups is 1. The first-order valence-electron chi connectivity index (χ1n) is 4.86. The molecule has 0 fully saturated rings. The highest BCUT2D eigenvalue weighted by atomic mass is 17.2. The highest BCUT2D eigenvalue weighted by Gasteiger charge is 2.17. The fourth-order valence-electron chi connectivity index (χ4n) is 0.975. The first-order chi connectivity index (χ1) is 6.48. The second-order valence-corrected chi connectivity index (χ2v) is 4.23. The molecule has 4 nitrogen and oxygen atoms in total. The number of rotatable bonds is 8. The van der Waals surface area contributed by atoms with Gasteiger partial charge in [-0.3, -0.25) is 4.79 Å². The van der Waals surface area contributed by atoms with E-state index in [2.05, 4.69) is 19.2 Å². The van der Waals surface area contributed by atoms with Crippen LogP contribution in [0.3, 0.4) is 0 Å². The van der Waals surface area contributed by atoms with Gasteiger partial charge in [0, 0.05) is 18.4 Å². The van der Waals surface area contributed by atoms with Crippen LogP contribution in [-0.4, -0.2) is 32.6 Å². The minimum absolute atomic E-state index is 0.0466. The van der Waals surface area contributed by atoms with Crippen molar-refractivity contribution in [2.45, 2.75) is 27.2 Å². The quantitative estimate of drug-likeness (QED) is 0.365. The molecule has 14 heavy (non-hydrogen) atoms. The Labute approximate surface area is 85.9 Å². The average Bonchev–Trinajstić information content (AvgIpc) is 2.02. The molecule has 84 valence electrons. The molecule has 0 spiro atoms. The zero-order valence-electron chi connectivity index (χ0n) is 9.55. The zero-order valence-corrected chi connectivity index (χ0v) is 9.55. The molecular formula is C10H21NO3. The summed E-state index contributed by atoms with van der Waals surface area (Å²) < 4.78 is 0. The van der Waals surface area contributed by atoms with Gasteiger partial charge in [0.1, 0.15) is 5.78 Å². The fourth-order valence-corrected chi connectivity index (χ4v) is 0.975. The Morgan fingerprint density at radius 2 is 2.00 bits per heavy atom. The van der Waals surface area contributed by atoms with Crippen molar-refractivity contribution in [1.29, 1.82) is 0 Å². The van der Waals surface area contributed by atoms with Gasteiger partial charge in [-0.2, -0.15) is 0 Å². The molecule has 4 heteroatoms. The number of carbonyl (C=O) groups excluding carboxylic acids is 1. The van der Waals surface area contributed by atoms with Gasteiger partial charge in [0.25, 0.3) is 0 Å². The van der Waals surface area contributed by atoms with Gasteiger partial charge < -0.3 is 5.32 Å². The van der Waals surface area contributed by atoms with E-state index in [0.717, 1.165) is 6.54 Å². The maximum atomic E-state index is 10.6. The van der Waals surface area contributed by atoms with Crippen molar-refractivity contribution >= 4 is 5.78 Å². The summed E-state index contributed by atoms with van der Waals surface area (Å²) in [6.45, 7) is 7.42. The first kappa shape index (κ1) is 13.5. The minimum atomic E-state index is 0.0466. The molecular weight excluding hydrogens is 182 g/mol. The van der Waals surface area contributed by atoms with Gasteiger partial charge in [-0.1, -0.05) is 13.8 Å². The van der Waals surface area contributed by atoms with Crippen LogP contribution < -0.4 is 5.32 Å². The highest BCUT2D eigenvalue weighted by Crippen LogP contribution is 2.13. The van der Waals surface area contributed by atoms with E-state index in [1.807, 2.05) is 7.05 Å². The molecule has 0 atom stereocenters. The van der Waals surface area contributed by atoms with Crippen LogP contribution in [0, 0.1) is 5.41 Å². The third-order valence-electron chi connectivity index (χ3n) is 1.73. The van der Waals surface area contributed by atoms with Crippen LogP contribution in [0.2, 0.25) is 0 Å². The lowest BCUT2D eigenvalue weighted by Gasteiger charge is -2.22. The van der Waals surface area contributed by atoms with Gasteiger partial charge in [0.2, 0.25) is 0 Å². The van der Waals surface area contributed by atoms with Gasteiger partial charge in [-0.15, -0.1) is 0 Å². The molecule has 0 aliphatic rings. The Bertz CT molecular complexity index is 169. The van der Waals surface area contributed by atoms with Crippen molar-refractivity contribution in [3.05, 3.63) is 0 Å². The van der Waals surface area contributed by atoms with Crippen molar-refractivity contribution in [2.75, 3.05) is 26.8 Å². The molecule has 1 N–H and O–H groups in total. The largest absolute Gasteiger partial charge is 0.319 e. The molecule has 0 saturated carbocycles. The summed E-state index contributed by atoms with van der Waals surface area (Å²) in [5, 5.41) is 3.08. The lowest BCUT2D eigenvalue weighted by molar-refractivity contribution is -0.306. The van der Waals surface area contributed by atoms with Crippen molar-refractivity contribution < 1.29 is 14.6 Å². The summed E-state index contributed by atoms with van der Waals surface area (Å²) in [5.74, 6) is 0.114. The normalized spacial score (nSPS) is 11.7. The molecule has 0 bridgehead atoms. The molecule has 0 aromatic carbocycles. The molecule has 0 aliphatic heterocycles. The van der Waals surface area contributed by atoms with Crippen LogP contribution in [0.5, 0.6) is 0 Å². The summed E-state index contributed by atoms with van der Waals surface area (Å²) in [7, 11) is 1.90. The molecule has 0 amide bonds. The number of ketones is 1.